The van der Waals surface area contributed by atoms with E-state index in [0.717, 1.165) is 12.7 Å². The van der Waals surface area contributed by atoms with Crippen molar-refractivity contribution in [1.29, 1.82) is 0 Å². The van der Waals surface area contributed by atoms with Crippen molar-refractivity contribution in [2.75, 3.05) is 0 Å². The second-order valence-corrected chi connectivity index (χ2v) is 6.42. The molecule has 0 aromatic heterocycles. The summed E-state index contributed by atoms with van der Waals surface area (Å²) in [5.41, 5.74) is 7.83. The van der Waals surface area contributed by atoms with Gasteiger partial charge in [-0.15, -0.1) is 0 Å². The minimum atomic E-state index is 0.313. The van der Waals surface area contributed by atoms with Gasteiger partial charge >= 0.3 is 0 Å². The van der Waals surface area contributed by atoms with E-state index in [2.05, 4.69) is 60.7 Å². The van der Waals surface area contributed by atoms with E-state index in [0.29, 0.717) is 5.75 Å². The monoisotopic (exact) mass is 306 g/mol. The topological polar surface area (TPSA) is 20.2 Å². The maximum absolute atomic E-state index is 9.83. The molecule has 0 fully saturated rings. The third kappa shape index (κ3) is 1.96. The summed E-state index contributed by atoms with van der Waals surface area (Å²) in [6.45, 7) is 0. The zero-order chi connectivity index (χ0) is 16.1. The SMILES string of the molecule is Oc1ccc2cc3c(cc2c1)-c1ccccc1-c1ccccc1B3. The molecule has 0 aliphatic carbocycles. The van der Waals surface area contributed by atoms with Crippen LogP contribution in [0, 0.1) is 0 Å². The molecule has 1 aliphatic rings. The van der Waals surface area contributed by atoms with Gasteiger partial charge in [-0.25, -0.2) is 0 Å². The molecular weight excluding hydrogens is 291 g/mol. The number of aromatic hydroxyl groups is 1. The highest BCUT2D eigenvalue weighted by Crippen LogP contribution is 2.34. The third-order valence-electron chi connectivity index (χ3n) is 4.95. The maximum Gasteiger partial charge on any atom is 0.193 e. The van der Waals surface area contributed by atoms with Gasteiger partial charge in [-0.2, -0.15) is 0 Å². The van der Waals surface area contributed by atoms with Crippen LogP contribution in [0.5, 0.6) is 5.75 Å². The Hall–Kier alpha value is -3.00. The van der Waals surface area contributed by atoms with Crippen molar-refractivity contribution in [1.82, 2.24) is 0 Å². The minimum Gasteiger partial charge on any atom is -0.508 e. The van der Waals surface area contributed by atoms with Crippen LogP contribution in [0.3, 0.4) is 0 Å². The molecule has 0 bridgehead atoms. The van der Waals surface area contributed by atoms with Gasteiger partial charge in [-0.05, 0) is 51.2 Å². The van der Waals surface area contributed by atoms with Gasteiger partial charge in [-0.1, -0.05) is 71.6 Å². The van der Waals surface area contributed by atoms with Crippen molar-refractivity contribution >= 4 is 29.0 Å². The van der Waals surface area contributed by atoms with Crippen LogP contribution < -0.4 is 10.9 Å². The summed E-state index contributed by atoms with van der Waals surface area (Å²) in [6.07, 6.45) is 0. The van der Waals surface area contributed by atoms with Crippen molar-refractivity contribution in [2.24, 2.45) is 0 Å². The first-order valence-corrected chi connectivity index (χ1v) is 8.23. The Bertz CT molecular complexity index is 1100. The van der Waals surface area contributed by atoms with Crippen molar-refractivity contribution in [3.05, 3.63) is 78.9 Å². The molecule has 0 amide bonds. The summed E-state index contributed by atoms with van der Waals surface area (Å²) in [5.74, 6) is 0.313. The number of rotatable bonds is 0. The Balaban J connectivity index is 1.90. The fraction of sp³-hybridized carbons (Fsp3) is 0. The summed E-state index contributed by atoms with van der Waals surface area (Å²) in [4.78, 5) is 0. The van der Waals surface area contributed by atoms with Crippen molar-refractivity contribution in [3.63, 3.8) is 0 Å². The molecule has 24 heavy (non-hydrogen) atoms. The Morgan fingerprint density at radius 1 is 0.542 bits per heavy atom. The van der Waals surface area contributed by atoms with Gasteiger partial charge in [0.15, 0.2) is 7.28 Å². The quantitative estimate of drug-likeness (QED) is 0.434. The van der Waals surface area contributed by atoms with Gasteiger partial charge in [0, 0.05) is 0 Å². The van der Waals surface area contributed by atoms with E-state index in [1.165, 1.54) is 38.6 Å². The predicted molar refractivity (Wildman–Crippen MR) is 103 cm³/mol. The largest absolute Gasteiger partial charge is 0.508 e. The Morgan fingerprint density at radius 2 is 1.25 bits per heavy atom. The second-order valence-electron chi connectivity index (χ2n) is 6.42. The van der Waals surface area contributed by atoms with Crippen LogP contribution in [0.25, 0.3) is 33.0 Å². The molecule has 1 heterocycles. The molecule has 0 saturated carbocycles. The van der Waals surface area contributed by atoms with Crippen LogP contribution in [0.1, 0.15) is 0 Å². The molecule has 0 spiro atoms. The van der Waals surface area contributed by atoms with E-state index in [-0.39, 0.29) is 0 Å². The zero-order valence-corrected chi connectivity index (χ0v) is 13.2. The highest BCUT2D eigenvalue weighted by molar-refractivity contribution is 6.71. The van der Waals surface area contributed by atoms with E-state index < -0.39 is 0 Å². The number of benzene rings is 4. The van der Waals surface area contributed by atoms with Crippen LogP contribution >= 0.6 is 0 Å². The van der Waals surface area contributed by atoms with Gasteiger partial charge in [0.05, 0.1) is 0 Å². The Kier molecular flexibility index (Phi) is 2.80. The lowest BCUT2D eigenvalue weighted by atomic mass is 9.61. The fourth-order valence-electron chi connectivity index (χ4n) is 3.82. The number of phenols is 1. The van der Waals surface area contributed by atoms with Crippen LogP contribution in [-0.2, 0) is 0 Å². The molecule has 0 unspecified atom stereocenters. The zero-order valence-electron chi connectivity index (χ0n) is 13.2. The average Bonchev–Trinajstić information content (AvgIpc) is 2.75. The Labute approximate surface area is 141 Å². The van der Waals surface area contributed by atoms with E-state index in [1.807, 2.05) is 12.1 Å². The number of hydrogen-bond donors (Lipinski definition) is 1. The van der Waals surface area contributed by atoms with Gasteiger partial charge < -0.3 is 5.11 Å². The minimum absolute atomic E-state index is 0.313. The van der Waals surface area contributed by atoms with Crippen LogP contribution in [0.4, 0.5) is 0 Å². The molecule has 112 valence electrons. The average molecular weight is 306 g/mol. The molecule has 5 rings (SSSR count). The third-order valence-corrected chi connectivity index (χ3v) is 4.95. The standard InChI is InChI=1S/C22H15BO/c24-16-10-9-14-13-22-20(12-15(14)11-16)18-6-2-1-5-17(18)19-7-3-4-8-21(19)23-22/h1-13,23-24H. The summed E-state index contributed by atoms with van der Waals surface area (Å²) in [7, 11) is 0.928. The number of hydrogen-bond acceptors (Lipinski definition) is 1. The van der Waals surface area contributed by atoms with Gasteiger partial charge in [0.1, 0.15) is 5.75 Å². The van der Waals surface area contributed by atoms with Crippen LogP contribution in [-0.4, -0.2) is 12.4 Å². The molecule has 2 heteroatoms. The van der Waals surface area contributed by atoms with Gasteiger partial charge in [-0.3, -0.25) is 0 Å². The maximum atomic E-state index is 9.83. The molecule has 1 aliphatic heterocycles. The van der Waals surface area contributed by atoms with E-state index >= 15 is 0 Å². The van der Waals surface area contributed by atoms with Crippen LogP contribution in [0.2, 0.25) is 0 Å². The fourth-order valence-corrected chi connectivity index (χ4v) is 3.82. The highest BCUT2D eigenvalue weighted by Gasteiger charge is 2.19. The van der Waals surface area contributed by atoms with E-state index in [1.54, 1.807) is 6.07 Å². The summed E-state index contributed by atoms with van der Waals surface area (Å²) < 4.78 is 0. The second kappa shape index (κ2) is 5.00. The van der Waals surface area contributed by atoms with Crippen molar-refractivity contribution in [3.8, 4) is 28.0 Å². The number of fused-ring (bicyclic) bond motifs is 6. The molecule has 0 saturated heterocycles. The predicted octanol–water partition coefficient (Wildman–Crippen LogP) is 3.58. The molecule has 0 radical (unpaired) electrons. The first-order valence-electron chi connectivity index (χ1n) is 8.23. The smallest absolute Gasteiger partial charge is 0.193 e. The van der Waals surface area contributed by atoms with Gasteiger partial charge in [0.25, 0.3) is 0 Å². The van der Waals surface area contributed by atoms with E-state index in [4.69, 9.17) is 0 Å². The van der Waals surface area contributed by atoms with E-state index in [9.17, 15) is 5.11 Å². The summed E-state index contributed by atoms with van der Waals surface area (Å²) in [5, 5.41) is 12.1. The molecule has 1 nitrogen and oxygen atoms in total. The number of phenolic OH excluding ortho intramolecular Hbond substituents is 1. The van der Waals surface area contributed by atoms with Crippen molar-refractivity contribution < 1.29 is 5.11 Å². The molecular formula is C22H15BO. The molecule has 1 N–H and O–H groups in total. The molecule has 0 atom stereocenters. The lowest BCUT2D eigenvalue weighted by Crippen LogP contribution is -2.28. The highest BCUT2D eigenvalue weighted by atomic mass is 16.3. The van der Waals surface area contributed by atoms with Crippen molar-refractivity contribution in [2.45, 2.75) is 0 Å². The lowest BCUT2D eigenvalue weighted by molar-refractivity contribution is 0.476. The normalized spacial score (nSPS) is 11.8. The molecule has 4 aromatic carbocycles. The lowest BCUT2D eigenvalue weighted by Gasteiger charge is -2.12. The first kappa shape index (κ1) is 13.4. The van der Waals surface area contributed by atoms with Crippen LogP contribution in [0.15, 0.2) is 78.9 Å². The Morgan fingerprint density at radius 3 is 2.08 bits per heavy atom. The summed E-state index contributed by atoms with van der Waals surface area (Å²) in [6, 6.07) is 27.4. The first-order chi connectivity index (χ1) is 11.8. The molecule has 4 aromatic rings. The van der Waals surface area contributed by atoms with Gasteiger partial charge in [0.2, 0.25) is 0 Å². The summed E-state index contributed by atoms with van der Waals surface area (Å²) >= 11 is 0.